The lowest BCUT2D eigenvalue weighted by molar-refractivity contribution is -0.186. The van der Waals surface area contributed by atoms with E-state index in [0.717, 1.165) is 0 Å². The minimum Gasteiger partial charge on any atom is -0.356 e. The molecule has 0 heterocycles. The molecule has 1 aliphatic carbocycles. The summed E-state index contributed by atoms with van der Waals surface area (Å²) in [6.07, 6.45) is -3.00. The molecule has 2 nitrogen and oxygen atoms in total. The highest BCUT2D eigenvalue weighted by Gasteiger charge is 2.43. The van der Waals surface area contributed by atoms with E-state index < -0.39 is 18.0 Å². The van der Waals surface area contributed by atoms with Gasteiger partial charge in [0.2, 0.25) is 5.91 Å². The Morgan fingerprint density at radius 1 is 1.14 bits per heavy atom. The van der Waals surface area contributed by atoms with Crippen molar-refractivity contribution in [3.63, 3.8) is 0 Å². The van der Waals surface area contributed by atoms with Crippen LogP contribution in [0.5, 0.6) is 0 Å². The Balaban J connectivity index is 2.51. The molecule has 1 fully saturated rings. The maximum Gasteiger partial charge on any atom is 0.391 e. The summed E-state index contributed by atoms with van der Waals surface area (Å²) in [7, 11) is 0. The fourth-order valence-electron chi connectivity index (χ4n) is 3.33. The number of carbonyl (C=O) groups excluding carboxylic acids is 1. The smallest absolute Gasteiger partial charge is 0.356 e. The van der Waals surface area contributed by atoms with Gasteiger partial charge in [0.1, 0.15) is 0 Å². The molecule has 2 atom stereocenters. The third-order valence-corrected chi connectivity index (χ3v) is 4.73. The second kappa shape index (κ2) is 7.50. The van der Waals surface area contributed by atoms with Gasteiger partial charge in [-0.3, -0.25) is 4.79 Å². The van der Waals surface area contributed by atoms with Crippen molar-refractivity contribution in [1.82, 2.24) is 5.32 Å². The van der Waals surface area contributed by atoms with Crippen LogP contribution >= 0.6 is 0 Å². The van der Waals surface area contributed by atoms with Crippen molar-refractivity contribution in [2.24, 2.45) is 29.6 Å². The molecule has 124 valence electrons. The van der Waals surface area contributed by atoms with E-state index in [9.17, 15) is 18.0 Å². The molecule has 0 radical (unpaired) electrons. The summed E-state index contributed by atoms with van der Waals surface area (Å²) in [4.78, 5) is 12.1. The third kappa shape index (κ3) is 5.51. The highest BCUT2D eigenvalue weighted by molar-refractivity contribution is 5.78. The largest absolute Gasteiger partial charge is 0.391 e. The zero-order chi connectivity index (χ0) is 16.2. The summed E-state index contributed by atoms with van der Waals surface area (Å²) < 4.78 is 38.3. The van der Waals surface area contributed by atoms with Gasteiger partial charge in [-0.25, -0.2) is 0 Å². The minimum atomic E-state index is -4.17. The Labute approximate surface area is 125 Å². The van der Waals surface area contributed by atoms with Crippen LogP contribution in [0.4, 0.5) is 13.2 Å². The molecule has 1 aliphatic rings. The van der Waals surface area contributed by atoms with E-state index >= 15 is 0 Å². The molecule has 0 saturated heterocycles. The van der Waals surface area contributed by atoms with E-state index in [0.29, 0.717) is 37.1 Å². The van der Waals surface area contributed by atoms with Crippen LogP contribution < -0.4 is 5.32 Å². The first-order valence-electron chi connectivity index (χ1n) is 7.97. The number of carbonyl (C=O) groups is 1. The fraction of sp³-hybridized carbons (Fsp3) is 0.938. The summed E-state index contributed by atoms with van der Waals surface area (Å²) in [6.45, 7) is 8.99. The maximum atomic E-state index is 12.8. The van der Waals surface area contributed by atoms with Crippen LogP contribution in [0.25, 0.3) is 0 Å². The summed E-state index contributed by atoms with van der Waals surface area (Å²) >= 11 is 0. The number of hydrogen-bond acceptors (Lipinski definition) is 1. The molecule has 5 heteroatoms. The van der Waals surface area contributed by atoms with Crippen molar-refractivity contribution in [2.75, 3.05) is 6.54 Å². The standard InChI is InChI=1S/C16H28F3NO/c1-10(2)14(11(3)4)9-20-15(21)12-6-5-7-13(8-12)16(17,18)19/h10-14H,5-9H2,1-4H3,(H,20,21). The number of hydrogen-bond donors (Lipinski definition) is 1. The van der Waals surface area contributed by atoms with Crippen molar-refractivity contribution in [1.29, 1.82) is 0 Å². The van der Waals surface area contributed by atoms with Gasteiger partial charge in [0.05, 0.1) is 5.92 Å². The normalized spacial score (nSPS) is 23.9. The van der Waals surface area contributed by atoms with Gasteiger partial charge in [0, 0.05) is 12.5 Å². The lowest BCUT2D eigenvalue weighted by Crippen LogP contribution is -2.40. The Kier molecular flexibility index (Phi) is 6.54. The fourth-order valence-corrected chi connectivity index (χ4v) is 3.33. The van der Waals surface area contributed by atoms with Crippen molar-refractivity contribution >= 4 is 5.91 Å². The van der Waals surface area contributed by atoms with Crippen LogP contribution in [0.3, 0.4) is 0 Å². The van der Waals surface area contributed by atoms with Gasteiger partial charge >= 0.3 is 6.18 Å². The molecule has 2 unspecified atom stereocenters. The van der Waals surface area contributed by atoms with Gasteiger partial charge in [-0.05, 0) is 37.0 Å². The van der Waals surface area contributed by atoms with E-state index in [4.69, 9.17) is 0 Å². The predicted octanol–water partition coefficient (Wildman–Crippen LogP) is 4.40. The van der Waals surface area contributed by atoms with E-state index in [1.54, 1.807) is 0 Å². The van der Waals surface area contributed by atoms with Crippen LogP contribution in [-0.2, 0) is 4.79 Å². The molecule has 0 spiro atoms. The third-order valence-electron chi connectivity index (χ3n) is 4.73. The van der Waals surface area contributed by atoms with Crippen molar-refractivity contribution < 1.29 is 18.0 Å². The average Bonchev–Trinajstić information content (AvgIpc) is 2.37. The molecule has 1 N–H and O–H groups in total. The van der Waals surface area contributed by atoms with Gasteiger partial charge in [-0.1, -0.05) is 34.1 Å². The first-order valence-corrected chi connectivity index (χ1v) is 7.97. The van der Waals surface area contributed by atoms with Crippen LogP contribution in [0.1, 0.15) is 53.4 Å². The Morgan fingerprint density at radius 3 is 2.19 bits per heavy atom. The SMILES string of the molecule is CC(C)C(CNC(=O)C1CCCC(C(F)(F)F)C1)C(C)C. The Hall–Kier alpha value is -0.740. The van der Waals surface area contributed by atoms with Gasteiger partial charge < -0.3 is 5.32 Å². The van der Waals surface area contributed by atoms with Crippen molar-refractivity contribution in [2.45, 2.75) is 59.6 Å². The first kappa shape index (κ1) is 18.3. The molecule has 1 amide bonds. The quantitative estimate of drug-likeness (QED) is 0.801. The van der Waals surface area contributed by atoms with Gasteiger partial charge in [0.25, 0.3) is 0 Å². The van der Waals surface area contributed by atoms with Crippen LogP contribution in [0.2, 0.25) is 0 Å². The van der Waals surface area contributed by atoms with Crippen LogP contribution in [-0.4, -0.2) is 18.6 Å². The summed E-state index contributed by atoms with van der Waals surface area (Å²) in [6, 6.07) is 0. The number of amides is 1. The van der Waals surface area contributed by atoms with Gasteiger partial charge in [-0.15, -0.1) is 0 Å². The molecular formula is C16H28F3NO. The molecular weight excluding hydrogens is 279 g/mol. The zero-order valence-corrected chi connectivity index (χ0v) is 13.5. The second-order valence-electron chi connectivity index (χ2n) is 7.00. The molecule has 0 aromatic carbocycles. The molecule has 0 aromatic rings. The summed E-state index contributed by atoms with van der Waals surface area (Å²) in [5, 5.41) is 2.88. The minimum absolute atomic E-state index is 0.0522. The Bertz CT molecular complexity index is 331. The number of nitrogens with one attached hydrogen (secondary N) is 1. The number of rotatable bonds is 5. The van der Waals surface area contributed by atoms with Crippen LogP contribution in [0, 0.1) is 29.6 Å². The molecule has 0 bridgehead atoms. The average molecular weight is 307 g/mol. The Morgan fingerprint density at radius 2 is 1.71 bits per heavy atom. The second-order valence-corrected chi connectivity index (χ2v) is 7.00. The lowest BCUT2D eigenvalue weighted by atomic mass is 9.80. The highest BCUT2D eigenvalue weighted by atomic mass is 19.4. The lowest BCUT2D eigenvalue weighted by Gasteiger charge is -2.31. The van der Waals surface area contributed by atoms with E-state index in [2.05, 4.69) is 33.0 Å². The van der Waals surface area contributed by atoms with Gasteiger partial charge in [0.15, 0.2) is 0 Å². The summed E-state index contributed by atoms with van der Waals surface area (Å²) in [5.74, 6) is -0.747. The molecule has 21 heavy (non-hydrogen) atoms. The topological polar surface area (TPSA) is 29.1 Å². The van der Waals surface area contributed by atoms with E-state index in [-0.39, 0.29) is 18.7 Å². The zero-order valence-electron chi connectivity index (χ0n) is 13.5. The summed E-state index contributed by atoms with van der Waals surface area (Å²) in [5.41, 5.74) is 0. The van der Waals surface area contributed by atoms with Crippen molar-refractivity contribution in [3.05, 3.63) is 0 Å². The molecule has 0 aromatic heterocycles. The van der Waals surface area contributed by atoms with E-state index in [1.165, 1.54) is 0 Å². The first-order chi connectivity index (χ1) is 9.62. The van der Waals surface area contributed by atoms with Crippen LogP contribution in [0.15, 0.2) is 0 Å². The van der Waals surface area contributed by atoms with Crippen molar-refractivity contribution in [3.8, 4) is 0 Å². The van der Waals surface area contributed by atoms with E-state index in [1.807, 2.05) is 0 Å². The highest BCUT2D eigenvalue weighted by Crippen LogP contribution is 2.39. The van der Waals surface area contributed by atoms with Gasteiger partial charge in [-0.2, -0.15) is 13.2 Å². The molecule has 1 saturated carbocycles. The number of alkyl halides is 3. The molecule has 1 rings (SSSR count). The predicted molar refractivity (Wildman–Crippen MR) is 77.7 cm³/mol. The molecule has 0 aliphatic heterocycles. The maximum absolute atomic E-state index is 12.8. The monoisotopic (exact) mass is 307 g/mol. The number of halogens is 3.